The molecule has 0 spiro atoms. The fourth-order valence-electron chi connectivity index (χ4n) is 4.43. The Labute approximate surface area is 201 Å². The molecule has 34 heavy (non-hydrogen) atoms. The third-order valence-electron chi connectivity index (χ3n) is 6.09. The molecule has 1 aliphatic heterocycles. The van der Waals surface area contributed by atoms with Crippen LogP contribution in [0.25, 0.3) is 11.4 Å². The zero-order valence-corrected chi connectivity index (χ0v) is 19.3. The standard InChI is InChI=1S/C26H21ClN4O3/c1-15-6-5-11-30-16(2)21(29-25(15)30)23(32)20-22(18-8-3-9-19(27)12-18)31(26(34)24(20)33)14-17-7-4-10-28-13-17/h3-13,22,32H,14H2,1-2H3/b23-20+. The molecule has 1 aromatic carbocycles. The number of Topliss-reactive ketones (excluding diaryl/α,β-unsaturated/α-hetero) is 1. The molecule has 7 nitrogen and oxygen atoms in total. The number of rotatable bonds is 4. The van der Waals surface area contributed by atoms with Crippen molar-refractivity contribution < 1.29 is 14.7 Å². The van der Waals surface area contributed by atoms with Crippen molar-refractivity contribution in [2.75, 3.05) is 0 Å². The van der Waals surface area contributed by atoms with Gasteiger partial charge in [-0.15, -0.1) is 0 Å². The van der Waals surface area contributed by atoms with Crippen LogP contribution in [-0.4, -0.2) is 36.1 Å². The van der Waals surface area contributed by atoms with E-state index in [0.29, 0.717) is 21.9 Å². The van der Waals surface area contributed by atoms with Crippen molar-refractivity contribution in [1.82, 2.24) is 19.3 Å². The molecule has 1 aliphatic rings. The summed E-state index contributed by atoms with van der Waals surface area (Å²) in [4.78, 5) is 36.6. The van der Waals surface area contributed by atoms with Crippen molar-refractivity contribution in [2.45, 2.75) is 26.4 Å². The highest BCUT2D eigenvalue weighted by Gasteiger charge is 2.46. The van der Waals surface area contributed by atoms with E-state index in [9.17, 15) is 14.7 Å². The SMILES string of the molecule is Cc1cccn2c(C)c(/C(O)=C3\C(=O)C(=O)N(Cc4cccnc4)C3c3cccc(Cl)c3)nc12. The number of benzene rings is 1. The minimum Gasteiger partial charge on any atom is -0.505 e. The van der Waals surface area contributed by atoms with E-state index in [-0.39, 0.29) is 23.6 Å². The Kier molecular flexibility index (Phi) is 5.42. The lowest BCUT2D eigenvalue weighted by atomic mass is 9.96. The Hall–Kier alpha value is -3.97. The zero-order chi connectivity index (χ0) is 24.0. The number of halogens is 1. The molecule has 1 N–H and O–H groups in total. The van der Waals surface area contributed by atoms with Gasteiger partial charge in [-0.2, -0.15) is 0 Å². The number of fused-ring (bicyclic) bond motifs is 1. The quantitative estimate of drug-likeness (QED) is 0.266. The number of aryl methyl sites for hydroxylation is 2. The van der Waals surface area contributed by atoms with Crippen LogP contribution in [0.2, 0.25) is 5.02 Å². The van der Waals surface area contributed by atoms with Gasteiger partial charge in [0.15, 0.2) is 5.76 Å². The van der Waals surface area contributed by atoms with E-state index in [0.717, 1.165) is 11.1 Å². The second-order valence-electron chi connectivity index (χ2n) is 8.27. The molecule has 1 atom stereocenters. The molecule has 0 saturated carbocycles. The smallest absolute Gasteiger partial charge is 0.295 e. The topological polar surface area (TPSA) is 87.8 Å². The van der Waals surface area contributed by atoms with Crippen LogP contribution in [0.1, 0.15) is 34.1 Å². The summed E-state index contributed by atoms with van der Waals surface area (Å²) in [5.41, 5.74) is 3.89. The number of hydrogen-bond acceptors (Lipinski definition) is 5. The van der Waals surface area contributed by atoms with Gasteiger partial charge in [0.2, 0.25) is 0 Å². The number of carbonyl (C=O) groups is 2. The van der Waals surface area contributed by atoms with E-state index < -0.39 is 17.7 Å². The first kappa shape index (κ1) is 21.9. The van der Waals surface area contributed by atoms with Crippen LogP contribution in [-0.2, 0) is 16.1 Å². The van der Waals surface area contributed by atoms with Gasteiger partial charge >= 0.3 is 0 Å². The molecule has 1 amide bonds. The molecule has 1 fully saturated rings. The summed E-state index contributed by atoms with van der Waals surface area (Å²) < 4.78 is 1.85. The molecule has 3 aromatic heterocycles. The summed E-state index contributed by atoms with van der Waals surface area (Å²) in [5.74, 6) is -1.77. The Balaban J connectivity index is 1.72. The van der Waals surface area contributed by atoms with Crippen molar-refractivity contribution in [3.05, 3.63) is 106 Å². The summed E-state index contributed by atoms with van der Waals surface area (Å²) in [7, 11) is 0. The first-order valence-corrected chi connectivity index (χ1v) is 11.1. The maximum Gasteiger partial charge on any atom is 0.295 e. The summed E-state index contributed by atoms with van der Waals surface area (Å²) in [6, 6.07) is 13.5. The molecule has 5 rings (SSSR count). The van der Waals surface area contributed by atoms with Gasteiger partial charge in [0, 0.05) is 30.2 Å². The lowest BCUT2D eigenvalue weighted by Crippen LogP contribution is -2.29. The van der Waals surface area contributed by atoms with E-state index in [1.165, 1.54) is 4.90 Å². The second kappa shape index (κ2) is 8.43. The first-order valence-electron chi connectivity index (χ1n) is 10.7. The Bertz CT molecular complexity index is 1480. The predicted molar refractivity (Wildman–Crippen MR) is 128 cm³/mol. The Morgan fingerprint density at radius 3 is 2.65 bits per heavy atom. The predicted octanol–water partition coefficient (Wildman–Crippen LogP) is 4.62. The minimum absolute atomic E-state index is 0.0136. The average Bonchev–Trinajstić information content (AvgIpc) is 3.30. The van der Waals surface area contributed by atoms with Gasteiger partial charge < -0.3 is 14.4 Å². The molecule has 0 radical (unpaired) electrons. The molecule has 170 valence electrons. The zero-order valence-electron chi connectivity index (χ0n) is 18.6. The number of aliphatic hydroxyl groups is 1. The Morgan fingerprint density at radius 1 is 1.12 bits per heavy atom. The van der Waals surface area contributed by atoms with Crippen molar-refractivity contribution in [1.29, 1.82) is 0 Å². The van der Waals surface area contributed by atoms with Crippen LogP contribution in [0.3, 0.4) is 0 Å². The number of pyridine rings is 2. The largest absolute Gasteiger partial charge is 0.505 e. The maximum absolute atomic E-state index is 13.3. The van der Waals surface area contributed by atoms with E-state index in [2.05, 4.69) is 9.97 Å². The number of amides is 1. The van der Waals surface area contributed by atoms with Crippen LogP contribution in [0, 0.1) is 13.8 Å². The van der Waals surface area contributed by atoms with E-state index >= 15 is 0 Å². The third kappa shape index (κ3) is 3.54. The summed E-state index contributed by atoms with van der Waals surface area (Å²) >= 11 is 6.25. The number of nitrogens with zero attached hydrogens (tertiary/aromatic N) is 4. The number of aromatic nitrogens is 3. The van der Waals surface area contributed by atoms with Gasteiger partial charge in [0.1, 0.15) is 11.3 Å². The molecular formula is C26H21ClN4O3. The molecule has 1 unspecified atom stereocenters. The van der Waals surface area contributed by atoms with E-state index in [4.69, 9.17) is 11.6 Å². The summed E-state index contributed by atoms with van der Waals surface area (Å²) in [5, 5.41) is 11.9. The van der Waals surface area contributed by atoms with Gasteiger partial charge in [0.25, 0.3) is 11.7 Å². The molecule has 8 heteroatoms. The number of carbonyl (C=O) groups excluding carboxylic acids is 2. The van der Waals surface area contributed by atoms with Gasteiger partial charge in [-0.05, 0) is 54.8 Å². The van der Waals surface area contributed by atoms with Crippen molar-refractivity contribution in [3.8, 4) is 0 Å². The van der Waals surface area contributed by atoms with Crippen molar-refractivity contribution in [3.63, 3.8) is 0 Å². The molecule has 0 aliphatic carbocycles. The molecule has 4 heterocycles. The molecular weight excluding hydrogens is 452 g/mol. The monoisotopic (exact) mass is 472 g/mol. The average molecular weight is 473 g/mol. The second-order valence-corrected chi connectivity index (χ2v) is 8.71. The lowest BCUT2D eigenvalue weighted by molar-refractivity contribution is -0.140. The Morgan fingerprint density at radius 2 is 1.94 bits per heavy atom. The summed E-state index contributed by atoms with van der Waals surface area (Å²) in [6.45, 7) is 3.88. The van der Waals surface area contributed by atoms with Crippen molar-refractivity contribution >= 4 is 34.7 Å². The van der Waals surface area contributed by atoms with Crippen LogP contribution in [0.4, 0.5) is 0 Å². The fourth-order valence-corrected chi connectivity index (χ4v) is 4.63. The van der Waals surface area contributed by atoms with Gasteiger partial charge in [-0.25, -0.2) is 4.98 Å². The molecule has 0 bridgehead atoms. The molecule has 1 saturated heterocycles. The van der Waals surface area contributed by atoms with Crippen LogP contribution in [0.5, 0.6) is 0 Å². The first-order chi connectivity index (χ1) is 16.4. The van der Waals surface area contributed by atoms with Gasteiger partial charge in [-0.1, -0.05) is 35.9 Å². The lowest BCUT2D eigenvalue weighted by Gasteiger charge is -2.25. The maximum atomic E-state index is 13.3. The highest BCUT2D eigenvalue weighted by atomic mass is 35.5. The minimum atomic E-state index is -0.829. The normalized spacial score (nSPS) is 17.6. The highest BCUT2D eigenvalue weighted by Crippen LogP contribution is 2.41. The number of imidazole rings is 1. The number of ketones is 1. The number of aliphatic hydroxyl groups excluding tert-OH is 1. The van der Waals surface area contributed by atoms with Crippen molar-refractivity contribution in [2.24, 2.45) is 0 Å². The fraction of sp³-hybridized carbons (Fsp3) is 0.154. The van der Waals surface area contributed by atoms with Crippen LogP contribution in [0.15, 0.2) is 72.7 Å². The van der Waals surface area contributed by atoms with E-state index in [1.54, 1.807) is 42.7 Å². The van der Waals surface area contributed by atoms with Crippen LogP contribution >= 0.6 is 11.6 Å². The number of hydrogen-bond donors (Lipinski definition) is 1. The van der Waals surface area contributed by atoms with Crippen LogP contribution < -0.4 is 0 Å². The van der Waals surface area contributed by atoms with Gasteiger partial charge in [-0.3, -0.25) is 14.6 Å². The molecule has 4 aromatic rings. The third-order valence-corrected chi connectivity index (χ3v) is 6.32. The number of likely N-dealkylation sites (tertiary alicyclic amines) is 1. The summed E-state index contributed by atoms with van der Waals surface area (Å²) in [6.07, 6.45) is 5.13. The van der Waals surface area contributed by atoms with Gasteiger partial charge in [0.05, 0.1) is 17.3 Å². The van der Waals surface area contributed by atoms with E-state index in [1.807, 2.05) is 42.6 Å². The highest BCUT2D eigenvalue weighted by molar-refractivity contribution is 6.46.